The Morgan fingerprint density at radius 3 is 2.20 bits per heavy atom. The molecule has 1 aromatic carbocycles. The molecule has 0 atom stereocenters. The van der Waals surface area contributed by atoms with E-state index in [1.54, 1.807) is 19.9 Å². The summed E-state index contributed by atoms with van der Waals surface area (Å²) in [5, 5.41) is 12.7. The minimum atomic E-state index is 0.225. The first-order valence-corrected chi connectivity index (χ1v) is 7.32. The molecule has 0 amide bonds. The molecule has 2 aromatic rings. The molecule has 0 saturated carbocycles. The largest absolute Gasteiger partial charge is 0.616 e. The highest BCUT2D eigenvalue weighted by Gasteiger charge is 2.20. The van der Waals surface area contributed by atoms with Gasteiger partial charge in [0.2, 0.25) is 0 Å². The van der Waals surface area contributed by atoms with Gasteiger partial charge in [0.05, 0.1) is 10.6 Å². The molecule has 20 heavy (non-hydrogen) atoms. The number of hydrogen-bond donors (Lipinski definition) is 0. The molecule has 0 saturated heterocycles. The smallest absolute Gasteiger partial charge is 0.389 e. The Bertz CT molecular complexity index is 637. The van der Waals surface area contributed by atoms with Crippen molar-refractivity contribution in [3.05, 3.63) is 55.3 Å². The van der Waals surface area contributed by atoms with Gasteiger partial charge in [-0.3, -0.25) is 0 Å². The molecule has 0 aliphatic carbocycles. The lowest BCUT2D eigenvalue weighted by Gasteiger charge is -2.15. The Morgan fingerprint density at radius 1 is 1.10 bits per heavy atom. The fourth-order valence-corrected chi connectivity index (χ4v) is 2.96. The SMILES string of the molecule is Cc1cc(Br)cc(C)c1Oc1c(C)c(Cl)cc(C)[n+]1[O-]. The molecule has 106 valence electrons. The van der Waals surface area contributed by atoms with Crippen LogP contribution in [0.3, 0.4) is 0 Å². The van der Waals surface area contributed by atoms with Gasteiger partial charge in [0, 0.05) is 17.5 Å². The summed E-state index contributed by atoms with van der Waals surface area (Å²) in [5.74, 6) is 0.908. The monoisotopic (exact) mass is 355 g/mol. The highest BCUT2D eigenvalue weighted by atomic mass is 79.9. The quantitative estimate of drug-likeness (QED) is 0.574. The van der Waals surface area contributed by atoms with Gasteiger partial charge >= 0.3 is 5.88 Å². The van der Waals surface area contributed by atoms with Crippen LogP contribution in [0.5, 0.6) is 11.6 Å². The van der Waals surface area contributed by atoms with E-state index in [4.69, 9.17) is 16.3 Å². The molecule has 0 radical (unpaired) electrons. The number of rotatable bonds is 2. The van der Waals surface area contributed by atoms with E-state index in [0.29, 0.717) is 22.0 Å². The number of pyridine rings is 1. The first-order valence-electron chi connectivity index (χ1n) is 6.15. The van der Waals surface area contributed by atoms with Gasteiger partial charge in [-0.1, -0.05) is 27.5 Å². The molecule has 5 heteroatoms. The van der Waals surface area contributed by atoms with E-state index < -0.39 is 0 Å². The highest BCUT2D eigenvalue weighted by molar-refractivity contribution is 9.10. The van der Waals surface area contributed by atoms with Crippen LogP contribution in [0.4, 0.5) is 0 Å². The van der Waals surface area contributed by atoms with Crippen molar-refractivity contribution in [3.63, 3.8) is 0 Å². The maximum atomic E-state index is 12.2. The fraction of sp³-hybridized carbons (Fsp3) is 0.267. The summed E-state index contributed by atoms with van der Waals surface area (Å²) in [7, 11) is 0. The van der Waals surface area contributed by atoms with Crippen LogP contribution in [-0.2, 0) is 0 Å². The summed E-state index contributed by atoms with van der Waals surface area (Å²) >= 11 is 9.56. The van der Waals surface area contributed by atoms with Crippen LogP contribution in [0.1, 0.15) is 22.4 Å². The van der Waals surface area contributed by atoms with Gasteiger partial charge in [-0.2, -0.15) is 0 Å². The number of hydrogen-bond acceptors (Lipinski definition) is 2. The summed E-state index contributed by atoms with van der Waals surface area (Å²) in [6.45, 7) is 7.35. The lowest BCUT2D eigenvalue weighted by atomic mass is 10.1. The summed E-state index contributed by atoms with van der Waals surface area (Å²) in [6.07, 6.45) is 0. The zero-order valence-electron chi connectivity index (χ0n) is 11.8. The Balaban J connectivity index is 2.56. The lowest BCUT2D eigenvalue weighted by Crippen LogP contribution is -2.32. The molecule has 3 nitrogen and oxygen atoms in total. The first-order chi connectivity index (χ1) is 9.31. The maximum absolute atomic E-state index is 12.2. The predicted molar refractivity (Wildman–Crippen MR) is 83.6 cm³/mol. The van der Waals surface area contributed by atoms with Crippen LogP contribution >= 0.6 is 27.5 Å². The molecule has 0 spiro atoms. The van der Waals surface area contributed by atoms with Crippen molar-refractivity contribution in [2.24, 2.45) is 0 Å². The number of aryl methyl sites for hydroxylation is 3. The van der Waals surface area contributed by atoms with Gasteiger partial charge in [-0.15, -0.1) is 4.73 Å². The van der Waals surface area contributed by atoms with Crippen LogP contribution in [0, 0.1) is 32.9 Å². The van der Waals surface area contributed by atoms with Crippen LogP contribution < -0.4 is 9.47 Å². The number of ether oxygens (including phenoxy) is 1. The number of halogens is 2. The molecule has 0 bridgehead atoms. The Labute approximate surface area is 131 Å². The Hall–Kier alpha value is -1.26. The van der Waals surface area contributed by atoms with Crippen molar-refractivity contribution >= 4 is 27.5 Å². The lowest BCUT2D eigenvalue weighted by molar-refractivity contribution is -0.618. The van der Waals surface area contributed by atoms with Gasteiger partial charge in [0.15, 0.2) is 5.69 Å². The van der Waals surface area contributed by atoms with Gasteiger partial charge < -0.3 is 9.94 Å². The molecular formula is C15H15BrClNO2. The minimum absolute atomic E-state index is 0.225. The molecule has 0 unspecified atom stereocenters. The summed E-state index contributed by atoms with van der Waals surface area (Å²) in [5.41, 5.74) is 3.04. The van der Waals surface area contributed by atoms with Gasteiger partial charge in [-0.05, 0) is 44.0 Å². The maximum Gasteiger partial charge on any atom is 0.389 e. The van der Waals surface area contributed by atoms with Crippen molar-refractivity contribution in [3.8, 4) is 11.6 Å². The second kappa shape index (κ2) is 5.62. The molecule has 0 aliphatic rings. The van der Waals surface area contributed by atoms with E-state index >= 15 is 0 Å². The molecule has 2 rings (SSSR count). The van der Waals surface area contributed by atoms with E-state index in [-0.39, 0.29) is 5.88 Å². The number of benzene rings is 1. The van der Waals surface area contributed by atoms with E-state index in [2.05, 4.69) is 15.9 Å². The van der Waals surface area contributed by atoms with Gasteiger partial charge in [0.1, 0.15) is 5.75 Å². The van der Waals surface area contributed by atoms with Crippen LogP contribution in [0.25, 0.3) is 0 Å². The van der Waals surface area contributed by atoms with E-state index in [1.807, 2.05) is 26.0 Å². The summed E-state index contributed by atoms with van der Waals surface area (Å²) < 4.78 is 7.61. The van der Waals surface area contributed by atoms with Gasteiger partial charge in [0.25, 0.3) is 0 Å². The number of aromatic nitrogens is 1. The molecule has 1 heterocycles. The average molecular weight is 357 g/mol. The van der Waals surface area contributed by atoms with E-state index in [0.717, 1.165) is 20.3 Å². The molecule has 0 fully saturated rings. The first kappa shape index (κ1) is 15.1. The molecular weight excluding hydrogens is 342 g/mol. The fourth-order valence-electron chi connectivity index (χ4n) is 2.04. The third-order valence-corrected chi connectivity index (χ3v) is 3.99. The summed E-state index contributed by atoms with van der Waals surface area (Å²) in [4.78, 5) is 0. The second-order valence-corrected chi connectivity index (χ2v) is 6.15. The van der Waals surface area contributed by atoms with E-state index in [1.165, 1.54) is 0 Å². The molecule has 0 N–H and O–H groups in total. The second-order valence-electron chi connectivity index (χ2n) is 4.83. The van der Waals surface area contributed by atoms with Crippen LogP contribution in [-0.4, -0.2) is 0 Å². The molecule has 0 aliphatic heterocycles. The zero-order chi connectivity index (χ0) is 15.0. The van der Waals surface area contributed by atoms with Crippen molar-refractivity contribution in [1.82, 2.24) is 0 Å². The highest BCUT2D eigenvalue weighted by Crippen LogP contribution is 2.33. The summed E-state index contributed by atoms with van der Waals surface area (Å²) in [6, 6.07) is 5.53. The van der Waals surface area contributed by atoms with Crippen molar-refractivity contribution in [1.29, 1.82) is 0 Å². The third kappa shape index (κ3) is 2.76. The van der Waals surface area contributed by atoms with Crippen LogP contribution in [0.15, 0.2) is 22.7 Å². The topological polar surface area (TPSA) is 36.2 Å². The molecule has 1 aromatic heterocycles. The average Bonchev–Trinajstić information content (AvgIpc) is 2.34. The van der Waals surface area contributed by atoms with Crippen molar-refractivity contribution < 1.29 is 9.47 Å². The van der Waals surface area contributed by atoms with Crippen molar-refractivity contribution in [2.45, 2.75) is 27.7 Å². The third-order valence-electron chi connectivity index (χ3n) is 3.14. The van der Waals surface area contributed by atoms with Crippen LogP contribution in [0.2, 0.25) is 5.02 Å². The Kier molecular flexibility index (Phi) is 4.25. The van der Waals surface area contributed by atoms with Gasteiger partial charge in [-0.25, -0.2) is 0 Å². The minimum Gasteiger partial charge on any atom is -0.616 e. The Morgan fingerprint density at radius 2 is 1.65 bits per heavy atom. The van der Waals surface area contributed by atoms with E-state index in [9.17, 15) is 5.21 Å². The van der Waals surface area contributed by atoms with Crippen molar-refractivity contribution in [2.75, 3.05) is 0 Å². The predicted octanol–water partition coefficient (Wildman–Crippen LogP) is 4.76. The number of nitrogens with zero attached hydrogens (tertiary/aromatic N) is 1. The normalized spacial score (nSPS) is 10.7. The zero-order valence-corrected chi connectivity index (χ0v) is 14.1. The standard InChI is InChI=1S/C15H15BrClNO2/c1-8-5-12(16)6-9(2)14(8)20-15-11(4)13(17)7-10(3)18(15)19/h5-7H,1-4H3.